The number of rotatable bonds is 4. The first-order valence-corrected chi connectivity index (χ1v) is 9.65. The third-order valence-electron chi connectivity index (χ3n) is 6.46. The smallest absolute Gasteiger partial charge is 0.161 e. The lowest BCUT2D eigenvalue weighted by Gasteiger charge is -2.24. The normalized spacial score (nSPS) is 31.5. The maximum Gasteiger partial charge on any atom is 0.161 e. The molecule has 0 aliphatic heterocycles. The molecule has 1 aromatic carbocycles. The molecule has 1 aromatic rings. The van der Waals surface area contributed by atoms with E-state index in [4.69, 9.17) is 9.47 Å². The summed E-state index contributed by atoms with van der Waals surface area (Å²) in [5, 5.41) is 10.1. The maximum atomic E-state index is 10.1. The molecule has 2 fully saturated rings. The van der Waals surface area contributed by atoms with Crippen LogP contribution in [0.4, 0.5) is 0 Å². The lowest BCUT2D eigenvalue weighted by atomic mass is 9.79. The second-order valence-electron chi connectivity index (χ2n) is 7.96. The van der Waals surface area contributed by atoms with Crippen LogP contribution < -0.4 is 9.47 Å². The van der Waals surface area contributed by atoms with Gasteiger partial charge in [0.2, 0.25) is 0 Å². The molecule has 0 bridgehead atoms. The summed E-state index contributed by atoms with van der Waals surface area (Å²) in [5.74, 6) is 2.88. The van der Waals surface area contributed by atoms with Crippen LogP contribution in [-0.4, -0.2) is 13.2 Å². The lowest BCUT2D eigenvalue weighted by molar-refractivity contribution is 0.200. The van der Waals surface area contributed by atoms with Crippen LogP contribution in [0.25, 0.3) is 0 Å². The molecule has 3 aliphatic carbocycles. The zero-order valence-corrected chi connectivity index (χ0v) is 15.0. The Morgan fingerprint density at radius 3 is 2.32 bits per heavy atom. The first-order chi connectivity index (χ1) is 12.2. The summed E-state index contributed by atoms with van der Waals surface area (Å²) in [6.07, 6.45) is 13.8. The standard InChI is InChI=1S/C22H27NO2/c1-24-20-11-10-18(12-21(20)25-19-8-4-5-9-19)22(15-23)13-16-6-2-3-7-17(16)14-22/h2-3,10-12,16-17,19H,4-9,13-14H2,1H3. The summed E-state index contributed by atoms with van der Waals surface area (Å²) < 4.78 is 11.8. The highest BCUT2D eigenvalue weighted by atomic mass is 16.5. The number of fused-ring (bicyclic) bond motifs is 1. The molecule has 0 radical (unpaired) electrons. The van der Waals surface area contributed by atoms with Crippen molar-refractivity contribution in [3.8, 4) is 17.6 Å². The molecule has 3 aliphatic rings. The van der Waals surface area contributed by atoms with Crippen molar-refractivity contribution in [3.63, 3.8) is 0 Å². The highest BCUT2D eigenvalue weighted by Crippen LogP contribution is 2.52. The molecule has 3 nitrogen and oxygen atoms in total. The zero-order valence-electron chi connectivity index (χ0n) is 15.0. The van der Waals surface area contributed by atoms with Crippen molar-refractivity contribution in [2.45, 2.75) is 62.9 Å². The molecule has 132 valence electrons. The molecule has 0 spiro atoms. The molecular weight excluding hydrogens is 310 g/mol. The minimum Gasteiger partial charge on any atom is -0.493 e. The minimum atomic E-state index is -0.374. The Bertz CT molecular complexity index is 680. The quantitative estimate of drug-likeness (QED) is 0.713. The topological polar surface area (TPSA) is 42.2 Å². The van der Waals surface area contributed by atoms with Crippen LogP contribution in [0.2, 0.25) is 0 Å². The number of nitriles is 1. The van der Waals surface area contributed by atoms with E-state index in [1.807, 2.05) is 6.07 Å². The van der Waals surface area contributed by atoms with Crippen molar-refractivity contribution >= 4 is 0 Å². The lowest BCUT2D eigenvalue weighted by Crippen LogP contribution is -2.21. The molecule has 25 heavy (non-hydrogen) atoms. The van der Waals surface area contributed by atoms with Crippen molar-refractivity contribution in [3.05, 3.63) is 35.9 Å². The van der Waals surface area contributed by atoms with Crippen LogP contribution in [0.5, 0.6) is 11.5 Å². The van der Waals surface area contributed by atoms with Crippen molar-refractivity contribution in [1.82, 2.24) is 0 Å². The number of allylic oxidation sites excluding steroid dienone is 2. The Morgan fingerprint density at radius 2 is 1.72 bits per heavy atom. The molecule has 2 atom stereocenters. The van der Waals surface area contributed by atoms with E-state index in [-0.39, 0.29) is 11.5 Å². The number of methoxy groups -OCH3 is 1. The molecule has 2 saturated carbocycles. The average Bonchev–Trinajstić information content (AvgIpc) is 3.29. The fraction of sp³-hybridized carbons (Fsp3) is 0.591. The van der Waals surface area contributed by atoms with E-state index in [2.05, 4.69) is 30.4 Å². The van der Waals surface area contributed by atoms with Gasteiger partial charge in [-0.05, 0) is 80.9 Å². The highest BCUT2D eigenvalue weighted by molar-refractivity contribution is 5.48. The van der Waals surface area contributed by atoms with E-state index >= 15 is 0 Å². The van der Waals surface area contributed by atoms with E-state index < -0.39 is 0 Å². The first kappa shape index (κ1) is 16.5. The third-order valence-corrected chi connectivity index (χ3v) is 6.46. The second kappa shape index (κ2) is 6.75. The number of ether oxygens (including phenoxy) is 2. The van der Waals surface area contributed by atoms with Gasteiger partial charge >= 0.3 is 0 Å². The third kappa shape index (κ3) is 3.03. The number of benzene rings is 1. The van der Waals surface area contributed by atoms with Crippen molar-refractivity contribution < 1.29 is 9.47 Å². The summed E-state index contributed by atoms with van der Waals surface area (Å²) in [4.78, 5) is 0. The minimum absolute atomic E-state index is 0.289. The SMILES string of the molecule is COc1ccc(C2(C#N)CC3CC=CCC3C2)cc1OC1CCCC1. The van der Waals surface area contributed by atoms with E-state index in [1.165, 1.54) is 12.8 Å². The Hall–Kier alpha value is -1.95. The predicted octanol–water partition coefficient (Wildman–Crippen LogP) is 5.15. The molecule has 3 heteroatoms. The van der Waals surface area contributed by atoms with Crippen LogP contribution in [0, 0.1) is 23.2 Å². The van der Waals surface area contributed by atoms with Gasteiger partial charge in [0, 0.05) is 0 Å². The number of hydrogen-bond donors (Lipinski definition) is 0. The molecule has 4 rings (SSSR count). The molecule has 0 N–H and O–H groups in total. The molecule has 0 saturated heterocycles. The Morgan fingerprint density at radius 1 is 1.04 bits per heavy atom. The maximum absolute atomic E-state index is 10.1. The van der Waals surface area contributed by atoms with Gasteiger partial charge in [0.15, 0.2) is 11.5 Å². The largest absolute Gasteiger partial charge is 0.493 e. The van der Waals surface area contributed by atoms with Gasteiger partial charge in [-0.25, -0.2) is 0 Å². The van der Waals surface area contributed by atoms with Crippen LogP contribution >= 0.6 is 0 Å². The van der Waals surface area contributed by atoms with E-state index in [0.29, 0.717) is 11.8 Å². The van der Waals surface area contributed by atoms with Gasteiger partial charge in [0.1, 0.15) is 0 Å². The van der Waals surface area contributed by atoms with Gasteiger partial charge in [-0.3, -0.25) is 0 Å². The van der Waals surface area contributed by atoms with E-state index in [9.17, 15) is 5.26 Å². The predicted molar refractivity (Wildman–Crippen MR) is 97.8 cm³/mol. The van der Waals surface area contributed by atoms with E-state index in [0.717, 1.165) is 55.6 Å². The highest BCUT2D eigenvalue weighted by Gasteiger charge is 2.46. The van der Waals surface area contributed by atoms with Gasteiger partial charge in [0.25, 0.3) is 0 Å². The van der Waals surface area contributed by atoms with Crippen LogP contribution in [-0.2, 0) is 5.41 Å². The summed E-state index contributed by atoms with van der Waals surface area (Å²) in [5.41, 5.74) is 0.736. The van der Waals surface area contributed by atoms with Crippen molar-refractivity contribution in [2.75, 3.05) is 7.11 Å². The average molecular weight is 337 g/mol. The Balaban J connectivity index is 1.63. The van der Waals surface area contributed by atoms with Gasteiger partial charge < -0.3 is 9.47 Å². The second-order valence-corrected chi connectivity index (χ2v) is 7.96. The first-order valence-electron chi connectivity index (χ1n) is 9.65. The Labute approximate surface area is 150 Å². The van der Waals surface area contributed by atoms with Crippen LogP contribution in [0.3, 0.4) is 0 Å². The Kier molecular flexibility index (Phi) is 4.46. The van der Waals surface area contributed by atoms with Crippen LogP contribution in [0.1, 0.15) is 56.9 Å². The van der Waals surface area contributed by atoms with Gasteiger partial charge in [-0.2, -0.15) is 5.26 Å². The molecule has 2 unspecified atom stereocenters. The van der Waals surface area contributed by atoms with Gasteiger partial charge in [0.05, 0.1) is 24.7 Å². The van der Waals surface area contributed by atoms with E-state index in [1.54, 1.807) is 7.11 Å². The summed E-state index contributed by atoms with van der Waals surface area (Å²) >= 11 is 0. The van der Waals surface area contributed by atoms with Crippen LogP contribution in [0.15, 0.2) is 30.4 Å². The monoisotopic (exact) mass is 337 g/mol. The zero-order chi connectivity index (χ0) is 17.3. The fourth-order valence-electron chi connectivity index (χ4n) is 5.05. The van der Waals surface area contributed by atoms with Gasteiger partial charge in [-0.1, -0.05) is 18.2 Å². The van der Waals surface area contributed by atoms with Crippen molar-refractivity contribution in [1.29, 1.82) is 5.26 Å². The molecule has 0 heterocycles. The summed E-state index contributed by atoms with van der Waals surface area (Å²) in [6, 6.07) is 8.84. The molecule has 0 amide bonds. The van der Waals surface area contributed by atoms with Gasteiger partial charge in [-0.15, -0.1) is 0 Å². The summed E-state index contributed by atoms with van der Waals surface area (Å²) in [7, 11) is 1.69. The molecule has 0 aromatic heterocycles. The van der Waals surface area contributed by atoms with Crippen molar-refractivity contribution in [2.24, 2.45) is 11.8 Å². The summed E-state index contributed by atoms with van der Waals surface area (Å²) in [6.45, 7) is 0. The number of nitrogens with zero attached hydrogens (tertiary/aromatic N) is 1. The fourth-order valence-corrected chi connectivity index (χ4v) is 5.05. The molecular formula is C22H27NO2. The number of hydrogen-bond acceptors (Lipinski definition) is 3.